The van der Waals surface area contributed by atoms with Crippen molar-refractivity contribution in [1.29, 1.82) is 10.5 Å². The minimum Gasteiger partial charge on any atom is -0.360 e. The number of carbonyl (C=O) groups is 2. The largest absolute Gasteiger partial charge is 0.360 e. The Bertz CT molecular complexity index is 788. The number of carbonyl (C=O) groups excluding carboxylic acids is 2. The minimum absolute atomic E-state index is 0.0845. The first kappa shape index (κ1) is 18.5. The van der Waals surface area contributed by atoms with E-state index in [0.717, 1.165) is 51.9 Å². The highest BCUT2D eigenvalue weighted by Crippen LogP contribution is 2.22. The molecule has 7 heteroatoms. The maximum Gasteiger partial charge on any atom is 0.253 e. The second kappa shape index (κ2) is 8.37. The predicted molar refractivity (Wildman–Crippen MR) is 99.6 cm³/mol. The van der Waals surface area contributed by atoms with Crippen LogP contribution in [0.2, 0.25) is 0 Å². The van der Waals surface area contributed by atoms with E-state index in [2.05, 4.69) is 5.32 Å². The molecule has 1 N–H and O–H groups in total. The molecule has 2 saturated heterocycles. The van der Waals surface area contributed by atoms with Gasteiger partial charge in [0.2, 0.25) is 0 Å². The van der Waals surface area contributed by atoms with Gasteiger partial charge < -0.3 is 15.1 Å². The predicted octanol–water partition coefficient (Wildman–Crippen LogP) is 2.50. The van der Waals surface area contributed by atoms with E-state index in [4.69, 9.17) is 10.5 Å². The van der Waals surface area contributed by atoms with E-state index in [1.165, 1.54) is 6.20 Å². The van der Waals surface area contributed by atoms with E-state index >= 15 is 0 Å². The Labute approximate surface area is 158 Å². The second-order valence-electron chi connectivity index (χ2n) is 6.72. The van der Waals surface area contributed by atoms with Gasteiger partial charge in [0, 0.05) is 49.2 Å². The smallest absolute Gasteiger partial charge is 0.253 e. The normalized spacial score (nSPS) is 15.8. The van der Waals surface area contributed by atoms with Crippen molar-refractivity contribution in [3.63, 3.8) is 0 Å². The van der Waals surface area contributed by atoms with Crippen LogP contribution < -0.4 is 5.32 Å². The molecule has 0 aromatic heterocycles. The lowest BCUT2D eigenvalue weighted by Gasteiger charge is -2.19. The molecule has 0 atom stereocenters. The van der Waals surface area contributed by atoms with Crippen LogP contribution in [-0.4, -0.2) is 47.8 Å². The standard InChI is InChI=1S/C20H21N5O2/c21-12-15(13-22)14-23-18-10-16(19(26)24-5-1-2-6-24)9-17(11-18)20(27)25-7-3-4-8-25/h9-11,14,23H,1-8H2. The topological polar surface area (TPSA) is 100 Å². The Balaban J connectivity index is 1.93. The molecular weight excluding hydrogens is 342 g/mol. The number of rotatable bonds is 4. The molecule has 0 aliphatic carbocycles. The van der Waals surface area contributed by atoms with Crippen molar-refractivity contribution in [2.75, 3.05) is 31.5 Å². The van der Waals surface area contributed by atoms with Gasteiger partial charge in [0.15, 0.2) is 0 Å². The first-order valence-corrected chi connectivity index (χ1v) is 9.13. The van der Waals surface area contributed by atoms with Crippen molar-refractivity contribution in [1.82, 2.24) is 9.80 Å². The van der Waals surface area contributed by atoms with Gasteiger partial charge in [0.1, 0.15) is 17.7 Å². The third-order valence-corrected chi connectivity index (χ3v) is 4.84. The zero-order chi connectivity index (χ0) is 19.2. The SMILES string of the molecule is N#CC(C#N)=CNc1cc(C(=O)N2CCCC2)cc(C(=O)N2CCCC2)c1. The lowest BCUT2D eigenvalue weighted by atomic mass is 10.1. The summed E-state index contributed by atoms with van der Waals surface area (Å²) in [6.45, 7) is 2.88. The van der Waals surface area contributed by atoms with Crippen LogP contribution in [-0.2, 0) is 0 Å². The molecule has 138 valence electrons. The van der Waals surface area contributed by atoms with Crippen LogP contribution in [0.4, 0.5) is 5.69 Å². The number of anilines is 1. The molecule has 2 fully saturated rings. The number of hydrogen-bond donors (Lipinski definition) is 1. The van der Waals surface area contributed by atoms with Gasteiger partial charge in [-0.15, -0.1) is 0 Å². The third-order valence-electron chi connectivity index (χ3n) is 4.84. The summed E-state index contributed by atoms with van der Waals surface area (Å²) >= 11 is 0. The van der Waals surface area contributed by atoms with Crippen molar-refractivity contribution >= 4 is 17.5 Å². The molecule has 7 nitrogen and oxygen atoms in total. The fraction of sp³-hybridized carbons (Fsp3) is 0.400. The zero-order valence-electron chi connectivity index (χ0n) is 15.1. The summed E-state index contributed by atoms with van der Waals surface area (Å²) in [5.74, 6) is -0.201. The maximum atomic E-state index is 12.8. The van der Waals surface area contributed by atoms with Gasteiger partial charge in [-0.1, -0.05) is 0 Å². The highest BCUT2D eigenvalue weighted by atomic mass is 16.2. The second-order valence-corrected chi connectivity index (χ2v) is 6.72. The van der Waals surface area contributed by atoms with Crippen LogP contribution >= 0.6 is 0 Å². The Morgan fingerprint density at radius 3 is 1.70 bits per heavy atom. The van der Waals surface area contributed by atoms with Gasteiger partial charge in [-0.25, -0.2) is 0 Å². The van der Waals surface area contributed by atoms with Crippen LogP contribution in [0, 0.1) is 22.7 Å². The summed E-state index contributed by atoms with van der Waals surface area (Å²) in [7, 11) is 0. The van der Waals surface area contributed by atoms with E-state index in [9.17, 15) is 9.59 Å². The Morgan fingerprint density at radius 1 is 0.852 bits per heavy atom. The number of likely N-dealkylation sites (tertiary alicyclic amines) is 2. The molecule has 0 unspecified atom stereocenters. The van der Waals surface area contributed by atoms with Crippen molar-refractivity contribution in [3.05, 3.63) is 41.1 Å². The summed E-state index contributed by atoms with van der Waals surface area (Å²) in [5.41, 5.74) is 1.30. The van der Waals surface area contributed by atoms with Gasteiger partial charge in [0.05, 0.1) is 0 Å². The molecule has 0 radical (unpaired) electrons. The number of hydrogen-bond acceptors (Lipinski definition) is 5. The molecule has 3 rings (SSSR count). The summed E-state index contributed by atoms with van der Waals surface area (Å²) in [4.78, 5) is 29.2. The van der Waals surface area contributed by atoms with E-state index < -0.39 is 0 Å². The molecule has 2 aliphatic rings. The average molecular weight is 363 g/mol. The molecule has 1 aromatic rings. The van der Waals surface area contributed by atoms with E-state index in [1.54, 1.807) is 40.1 Å². The van der Waals surface area contributed by atoms with Gasteiger partial charge in [-0.05, 0) is 43.9 Å². The lowest BCUT2D eigenvalue weighted by Crippen LogP contribution is -2.30. The minimum atomic E-state index is -0.101. The van der Waals surface area contributed by atoms with Crippen LogP contribution in [0.15, 0.2) is 30.0 Å². The quantitative estimate of drug-likeness (QED) is 0.829. The fourth-order valence-corrected chi connectivity index (χ4v) is 3.41. The first-order chi connectivity index (χ1) is 13.1. The highest BCUT2D eigenvalue weighted by molar-refractivity contribution is 6.01. The number of nitrogens with zero attached hydrogens (tertiary/aromatic N) is 4. The highest BCUT2D eigenvalue weighted by Gasteiger charge is 2.24. The van der Waals surface area contributed by atoms with E-state index in [-0.39, 0.29) is 17.4 Å². The van der Waals surface area contributed by atoms with Crippen molar-refractivity contribution in [3.8, 4) is 12.1 Å². The summed E-state index contributed by atoms with van der Waals surface area (Å²) < 4.78 is 0. The van der Waals surface area contributed by atoms with Gasteiger partial charge in [0.25, 0.3) is 11.8 Å². The maximum absolute atomic E-state index is 12.8. The van der Waals surface area contributed by atoms with Crippen LogP contribution in [0.25, 0.3) is 0 Å². The van der Waals surface area contributed by atoms with Gasteiger partial charge in [-0.3, -0.25) is 9.59 Å². The lowest BCUT2D eigenvalue weighted by molar-refractivity contribution is 0.0791. The number of benzene rings is 1. The molecule has 2 aliphatic heterocycles. The summed E-state index contributed by atoms with van der Waals surface area (Å²) in [6, 6.07) is 8.51. The van der Waals surface area contributed by atoms with Gasteiger partial charge >= 0.3 is 0 Å². The molecular formula is C20H21N5O2. The van der Waals surface area contributed by atoms with Crippen LogP contribution in [0.1, 0.15) is 46.4 Å². The summed E-state index contributed by atoms with van der Waals surface area (Å²) in [5, 5.41) is 20.6. The fourth-order valence-electron chi connectivity index (χ4n) is 3.41. The van der Waals surface area contributed by atoms with Crippen LogP contribution in [0.5, 0.6) is 0 Å². The molecule has 27 heavy (non-hydrogen) atoms. The molecule has 2 amide bonds. The van der Waals surface area contributed by atoms with Gasteiger partial charge in [-0.2, -0.15) is 10.5 Å². The zero-order valence-corrected chi connectivity index (χ0v) is 15.1. The van der Waals surface area contributed by atoms with Crippen molar-refractivity contribution in [2.24, 2.45) is 0 Å². The molecule has 0 spiro atoms. The number of amides is 2. The Morgan fingerprint density at radius 2 is 1.30 bits per heavy atom. The van der Waals surface area contributed by atoms with E-state index in [0.29, 0.717) is 16.8 Å². The first-order valence-electron chi connectivity index (χ1n) is 9.13. The molecule has 2 heterocycles. The molecule has 0 saturated carbocycles. The van der Waals surface area contributed by atoms with E-state index in [1.807, 2.05) is 0 Å². The van der Waals surface area contributed by atoms with Crippen molar-refractivity contribution in [2.45, 2.75) is 25.7 Å². The van der Waals surface area contributed by atoms with Crippen molar-refractivity contribution < 1.29 is 9.59 Å². The Hall–Kier alpha value is -3.32. The number of nitriles is 2. The van der Waals surface area contributed by atoms with Crippen LogP contribution in [0.3, 0.4) is 0 Å². The summed E-state index contributed by atoms with van der Waals surface area (Å²) in [6.07, 6.45) is 5.22. The number of allylic oxidation sites excluding steroid dienone is 1. The Kier molecular flexibility index (Phi) is 5.73. The average Bonchev–Trinajstić information content (AvgIpc) is 3.41. The molecule has 0 bridgehead atoms. The monoisotopic (exact) mass is 363 g/mol. The number of nitrogens with one attached hydrogen (secondary N) is 1. The molecule has 1 aromatic carbocycles. The third kappa shape index (κ3) is 4.27.